The fraction of sp³-hybridized carbons (Fsp3) is 0.136. The number of nitrogens with zero attached hydrogens (tertiary/aromatic N) is 1. The van der Waals surface area contributed by atoms with E-state index < -0.39 is 0 Å². The van der Waals surface area contributed by atoms with E-state index in [0.29, 0.717) is 17.8 Å². The summed E-state index contributed by atoms with van der Waals surface area (Å²) in [5.74, 6) is -0.523. The number of aromatic nitrogens is 1. The van der Waals surface area contributed by atoms with E-state index in [1.807, 2.05) is 47.9 Å². The molecule has 4 nitrogen and oxygen atoms in total. The van der Waals surface area contributed by atoms with Gasteiger partial charge in [0.2, 0.25) is 0 Å². The third-order valence-corrected chi connectivity index (χ3v) is 4.63. The van der Waals surface area contributed by atoms with Crippen LogP contribution >= 0.6 is 0 Å². The minimum atomic E-state index is -0.300. The van der Waals surface area contributed by atoms with E-state index >= 15 is 0 Å². The maximum atomic E-state index is 13.6. The number of benzene rings is 2. The first kappa shape index (κ1) is 17.1. The fourth-order valence-corrected chi connectivity index (χ4v) is 3.29. The van der Waals surface area contributed by atoms with Crippen molar-refractivity contribution in [1.29, 1.82) is 0 Å². The Morgan fingerprint density at radius 2 is 1.96 bits per heavy atom. The predicted octanol–water partition coefficient (Wildman–Crippen LogP) is 5.24. The Morgan fingerprint density at radius 3 is 2.78 bits per heavy atom. The topological polar surface area (TPSA) is 47.2 Å². The zero-order chi connectivity index (χ0) is 18.8. The van der Waals surface area contributed by atoms with Crippen LogP contribution in [0, 0.1) is 5.82 Å². The molecule has 0 saturated carbocycles. The molecule has 0 atom stereocenters. The molecule has 0 radical (unpaired) electrons. The third kappa shape index (κ3) is 3.36. The van der Waals surface area contributed by atoms with Crippen molar-refractivity contribution in [2.75, 3.05) is 5.32 Å². The van der Waals surface area contributed by atoms with E-state index in [1.54, 1.807) is 18.4 Å². The van der Waals surface area contributed by atoms with E-state index in [9.17, 15) is 9.18 Å². The Bertz CT molecular complexity index is 1110. The molecule has 0 spiro atoms. The van der Waals surface area contributed by atoms with Crippen LogP contribution in [-0.2, 0) is 13.0 Å². The zero-order valence-electron chi connectivity index (χ0n) is 14.9. The van der Waals surface area contributed by atoms with E-state index in [1.165, 1.54) is 12.1 Å². The lowest BCUT2D eigenvalue weighted by Crippen LogP contribution is -2.18. The van der Waals surface area contributed by atoms with Crippen molar-refractivity contribution in [2.24, 2.45) is 0 Å². The van der Waals surface area contributed by atoms with Crippen LogP contribution in [0.15, 0.2) is 71.3 Å². The lowest BCUT2D eigenvalue weighted by atomic mass is 10.1. The molecule has 136 valence electrons. The molecule has 0 aliphatic carbocycles. The van der Waals surface area contributed by atoms with Crippen LogP contribution in [0.5, 0.6) is 0 Å². The highest BCUT2D eigenvalue weighted by molar-refractivity contribution is 6.06. The van der Waals surface area contributed by atoms with Gasteiger partial charge in [0.25, 0.3) is 5.91 Å². The molecule has 27 heavy (non-hydrogen) atoms. The van der Waals surface area contributed by atoms with Gasteiger partial charge in [-0.3, -0.25) is 4.79 Å². The number of furan rings is 1. The van der Waals surface area contributed by atoms with Gasteiger partial charge >= 0.3 is 0 Å². The zero-order valence-corrected chi connectivity index (χ0v) is 14.9. The maximum Gasteiger partial charge on any atom is 0.272 e. The van der Waals surface area contributed by atoms with E-state index in [2.05, 4.69) is 5.32 Å². The van der Waals surface area contributed by atoms with E-state index in [4.69, 9.17) is 4.42 Å². The number of carbonyl (C=O) groups is 1. The number of carbonyl (C=O) groups excluding carboxylic acids is 1. The van der Waals surface area contributed by atoms with Crippen LogP contribution in [-0.4, -0.2) is 10.5 Å². The van der Waals surface area contributed by atoms with Crippen molar-refractivity contribution in [3.63, 3.8) is 0 Å². The number of amides is 1. The number of fused-ring (bicyclic) bond motifs is 1. The van der Waals surface area contributed by atoms with Crippen LogP contribution in [0.25, 0.3) is 11.1 Å². The van der Waals surface area contributed by atoms with Crippen molar-refractivity contribution in [3.05, 3.63) is 89.6 Å². The molecule has 4 aromatic rings. The Balaban J connectivity index is 1.71. The van der Waals surface area contributed by atoms with Crippen molar-refractivity contribution in [3.8, 4) is 0 Å². The standard InChI is InChI=1S/C22H19FN2O2/c1-2-16-7-3-4-9-18(16)24-22(26)20-13-21-19(10-11-27-21)25(20)14-15-6-5-8-17(23)12-15/h3-13H,2,14H2,1H3,(H,24,26). The number of halogens is 1. The highest BCUT2D eigenvalue weighted by Crippen LogP contribution is 2.24. The van der Waals surface area contributed by atoms with E-state index in [0.717, 1.165) is 28.8 Å². The summed E-state index contributed by atoms with van der Waals surface area (Å²) in [5, 5.41) is 2.99. The summed E-state index contributed by atoms with van der Waals surface area (Å²) < 4.78 is 20.9. The summed E-state index contributed by atoms with van der Waals surface area (Å²) in [6.07, 6.45) is 2.41. The van der Waals surface area contributed by atoms with Crippen molar-refractivity contribution in [2.45, 2.75) is 19.9 Å². The van der Waals surface area contributed by atoms with Crippen LogP contribution < -0.4 is 5.32 Å². The first-order valence-electron chi connectivity index (χ1n) is 8.86. The van der Waals surface area contributed by atoms with E-state index in [-0.39, 0.29) is 11.7 Å². The molecule has 0 bridgehead atoms. The van der Waals surface area contributed by atoms with Gasteiger partial charge in [-0.2, -0.15) is 0 Å². The third-order valence-electron chi connectivity index (χ3n) is 4.63. The number of anilines is 1. The summed E-state index contributed by atoms with van der Waals surface area (Å²) in [6, 6.07) is 17.6. The SMILES string of the molecule is CCc1ccccc1NC(=O)c1cc2occc2n1Cc1cccc(F)c1. The molecule has 0 fully saturated rings. The van der Waals surface area contributed by atoms with Crippen LogP contribution in [0.3, 0.4) is 0 Å². The Morgan fingerprint density at radius 1 is 1.11 bits per heavy atom. The van der Waals surface area contributed by atoms with Crippen molar-refractivity contribution in [1.82, 2.24) is 4.57 Å². The van der Waals surface area contributed by atoms with Gasteiger partial charge in [-0.25, -0.2) is 4.39 Å². The normalized spacial score (nSPS) is 11.0. The van der Waals surface area contributed by atoms with Gasteiger partial charge in [0.15, 0.2) is 5.58 Å². The Labute approximate surface area is 156 Å². The lowest BCUT2D eigenvalue weighted by molar-refractivity contribution is 0.101. The highest BCUT2D eigenvalue weighted by atomic mass is 19.1. The van der Waals surface area contributed by atoms with Gasteiger partial charge in [0, 0.05) is 24.4 Å². The number of nitrogens with one attached hydrogen (secondary N) is 1. The average Bonchev–Trinajstić information content (AvgIpc) is 3.25. The fourth-order valence-electron chi connectivity index (χ4n) is 3.29. The minimum absolute atomic E-state index is 0.223. The molecule has 4 rings (SSSR count). The molecular weight excluding hydrogens is 343 g/mol. The second-order valence-electron chi connectivity index (χ2n) is 6.38. The smallest absolute Gasteiger partial charge is 0.272 e. The summed E-state index contributed by atoms with van der Waals surface area (Å²) in [6.45, 7) is 2.42. The molecule has 1 N–H and O–H groups in total. The number of para-hydroxylation sites is 1. The number of rotatable bonds is 5. The quantitative estimate of drug-likeness (QED) is 0.528. The molecule has 0 aliphatic rings. The monoisotopic (exact) mass is 362 g/mol. The molecule has 2 aromatic carbocycles. The summed E-state index contributed by atoms with van der Waals surface area (Å²) >= 11 is 0. The predicted molar refractivity (Wildman–Crippen MR) is 103 cm³/mol. The number of aryl methyl sites for hydroxylation is 1. The Hall–Kier alpha value is -3.34. The lowest BCUT2D eigenvalue weighted by Gasteiger charge is -2.13. The van der Waals surface area contributed by atoms with Crippen molar-refractivity contribution >= 4 is 22.7 Å². The summed E-state index contributed by atoms with van der Waals surface area (Å²) in [7, 11) is 0. The molecule has 0 saturated heterocycles. The molecule has 0 aliphatic heterocycles. The number of hydrogen-bond donors (Lipinski definition) is 1. The molecule has 0 unspecified atom stereocenters. The molecule has 5 heteroatoms. The highest BCUT2D eigenvalue weighted by Gasteiger charge is 2.18. The first-order chi connectivity index (χ1) is 13.2. The van der Waals surface area contributed by atoms with Crippen molar-refractivity contribution < 1.29 is 13.6 Å². The maximum absolute atomic E-state index is 13.6. The molecule has 1 amide bonds. The largest absolute Gasteiger partial charge is 0.463 e. The summed E-state index contributed by atoms with van der Waals surface area (Å²) in [4.78, 5) is 13.0. The Kier molecular flexibility index (Phi) is 4.50. The number of hydrogen-bond acceptors (Lipinski definition) is 2. The minimum Gasteiger partial charge on any atom is -0.463 e. The van der Waals surface area contributed by atoms with Gasteiger partial charge in [-0.1, -0.05) is 37.3 Å². The molecule has 2 aromatic heterocycles. The van der Waals surface area contributed by atoms with Crippen LogP contribution in [0.2, 0.25) is 0 Å². The molecule has 2 heterocycles. The van der Waals surface area contributed by atoms with Gasteiger partial charge in [0.1, 0.15) is 11.5 Å². The molecular formula is C22H19FN2O2. The second-order valence-corrected chi connectivity index (χ2v) is 6.38. The second kappa shape index (κ2) is 7.11. The van der Waals surface area contributed by atoms with Gasteiger partial charge in [0.05, 0.1) is 11.8 Å². The van der Waals surface area contributed by atoms with Gasteiger partial charge in [-0.15, -0.1) is 0 Å². The first-order valence-corrected chi connectivity index (χ1v) is 8.86. The van der Waals surface area contributed by atoms with Crippen LogP contribution in [0.4, 0.5) is 10.1 Å². The van der Waals surface area contributed by atoms with Crippen LogP contribution in [0.1, 0.15) is 28.5 Å². The van der Waals surface area contributed by atoms with Gasteiger partial charge < -0.3 is 14.3 Å². The van der Waals surface area contributed by atoms with Gasteiger partial charge in [-0.05, 0) is 35.7 Å². The average molecular weight is 362 g/mol. The summed E-state index contributed by atoms with van der Waals surface area (Å²) in [5.41, 5.74) is 4.53.